The van der Waals surface area contributed by atoms with Crippen molar-refractivity contribution < 1.29 is 0 Å². The van der Waals surface area contributed by atoms with Gasteiger partial charge in [-0.15, -0.1) is 0 Å². The molecule has 0 aliphatic rings. The molecule has 2 N–H and O–H groups in total. The number of nitrogens with two attached hydrogens (primary N) is 1. The summed E-state index contributed by atoms with van der Waals surface area (Å²) < 4.78 is 2.10. The summed E-state index contributed by atoms with van der Waals surface area (Å²) in [4.78, 5) is 0. The summed E-state index contributed by atoms with van der Waals surface area (Å²) in [5.74, 6) is 0. The summed E-state index contributed by atoms with van der Waals surface area (Å²) >= 11 is 0. The van der Waals surface area contributed by atoms with Crippen molar-refractivity contribution in [1.29, 1.82) is 0 Å². The van der Waals surface area contributed by atoms with E-state index in [1.807, 2.05) is 18.3 Å². The van der Waals surface area contributed by atoms with Crippen LogP contribution in [0.3, 0.4) is 0 Å². The molecule has 2 rings (SSSR count). The van der Waals surface area contributed by atoms with Crippen LogP contribution in [0.1, 0.15) is 5.69 Å². The van der Waals surface area contributed by atoms with Crippen molar-refractivity contribution in [3.63, 3.8) is 0 Å². The number of hydrogen-bond donors (Lipinski definition) is 1. The number of pyridine rings is 1. The van der Waals surface area contributed by atoms with Gasteiger partial charge in [-0.2, -0.15) is 0 Å². The molecule has 2 nitrogen and oxygen atoms in total. The Morgan fingerprint density at radius 3 is 2.91 bits per heavy atom. The second-order valence-electron chi connectivity index (χ2n) is 2.52. The number of fused-ring (bicyclic) bond motifs is 1. The minimum Gasteiger partial charge on any atom is -0.325 e. The third-order valence-electron chi connectivity index (χ3n) is 1.86. The Morgan fingerprint density at radius 2 is 2.09 bits per heavy atom. The molecule has 0 saturated heterocycles. The maximum Gasteiger partial charge on any atom is 0.0453 e. The fourth-order valence-corrected chi connectivity index (χ4v) is 1.28. The Labute approximate surface area is 65.3 Å². The first-order valence-electron chi connectivity index (χ1n) is 3.67. The highest BCUT2D eigenvalue weighted by Crippen LogP contribution is 2.08. The van der Waals surface area contributed by atoms with Crippen LogP contribution in [0.2, 0.25) is 0 Å². The van der Waals surface area contributed by atoms with Crippen molar-refractivity contribution in [3.8, 4) is 0 Å². The third-order valence-corrected chi connectivity index (χ3v) is 1.86. The van der Waals surface area contributed by atoms with Crippen molar-refractivity contribution in [2.45, 2.75) is 6.54 Å². The van der Waals surface area contributed by atoms with Crippen molar-refractivity contribution in [3.05, 3.63) is 42.2 Å². The molecule has 0 aliphatic carbocycles. The van der Waals surface area contributed by atoms with Crippen LogP contribution in [0, 0.1) is 0 Å². The highest BCUT2D eigenvalue weighted by Gasteiger charge is 1.95. The number of nitrogens with zero attached hydrogens (tertiary/aromatic N) is 1. The van der Waals surface area contributed by atoms with E-state index in [0.29, 0.717) is 6.54 Å². The van der Waals surface area contributed by atoms with Gasteiger partial charge in [-0.05, 0) is 24.3 Å². The molecule has 0 spiro atoms. The Morgan fingerprint density at radius 1 is 1.18 bits per heavy atom. The van der Waals surface area contributed by atoms with E-state index in [1.54, 1.807) is 0 Å². The van der Waals surface area contributed by atoms with Crippen LogP contribution in [0.25, 0.3) is 5.52 Å². The van der Waals surface area contributed by atoms with Crippen molar-refractivity contribution in [1.82, 2.24) is 4.40 Å². The van der Waals surface area contributed by atoms with E-state index in [-0.39, 0.29) is 0 Å². The maximum atomic E-state index is 5.54. The number of hydrogen-bond acceptors (Lipinski definition) is 1. The average molecular weight is 146 g/mol. The minimum absolute atomic E-state index is 0.595. The Bertz CT molecular complexity index is 362. The van der Waals surface area contributed by atoms with E-state index in [4.69, 9.17) is 5.73 Å². The lowest BCUT2D eigenvalue weighted by Gasteiger charge is -1.97. The first-order chi connectivity index (χ1) is 5.42. The first-order valence-corrected chi connectivity index (χ1v) is 3.67. The van der Waals surface area contributed by atoms with Gasteiger partial charge in [0.15, 0.2) is 0 Å². The predicted octanol–water partition coefficient (Wildman–Crippen LogP) is 1.40. The predicted molar refractivity (Wildman–Crippen MR) is 45.3 cm³/mol. The van der Waals surface area contributed by atoms with Crippen LogP contribution in [0.4, 0.5) is 0 Å². The van der Waals surface area contributed by atoms with E-state index < -0.39 is 0 Å². The second-order valence-corrected chi connectivity index (χ2v) is 2.52. The van der Waals surface area contributed by atoms with E-state index in [9.17, 15) is 0 Å². The highest BCUT2D eigenvalue weighted by molar-refractivity contribution is 5.49. The molecule has 2 heteroatoms. The lowest BCUT2D eigenvalue weighted by molar-refractivity contribution is 0.959. The largest absolute Gasteiger partial charge is 0.325 e. The zero-order valence-corrected chi connectivity index (χ0v) is 6.20. The molecule has 0 bridgehead atoms. The molecular weight excluding hydrogens is 136 g/mol. The summed E-state index contributed by atoms with van der Waals surface area (Å²) in [5, 5.41) is 0. The number of aromatic nitrogens is 1. The van der Waals surface area contributed by atoms with E-state index in [0.717, 1.165) is 5.69 Å². The Balaban J connectivity index is 2.76. The molecule has 0 atom stereocenters. The van der Waals surface area contributed by atoms with Crippen LogP contribution >= 0.6 is 0 Å². The van der Waals surface area contributed by atoms with Crippen molar-refractivity contribution in [2.24, 2.45) is 5.73 Å². The van der Waals surface area contributed by atoms with Gasteiger partial charge in [-0.3, -0.25) is 0 Å². The van der Waals surface area contributed by atoms with Gasteiger partial charge in [0.05, 0.1) is 0 Å². The molecule has 2 aromatic heterocycles. The number of rotatable bonds is 1. The summed E-state index contributed by atoms with van der Waals surface area (Å²) in [5.41, 5.74) is 7.89. The van der Waals surface area contributed by atoms with Gasteiger partial charge < -0.3 is 10.1 Å². The van der Waals surface area contributed by atoms with E-state index in [1.165, 1.54) is 5.52 Å². The average Bonchev–Trinajstić information content (AvgIpc) is 2.47. The summed E-state index contributed by atoms with van der Waals surface area (Å²) in [6.07, 6.45) is 2.03. The van der Waals surface area contributed by atoms with Gasteiger partial charge in [0, 0.05) is 24.0 Å². The van der Waals surface area contributed by atoms with Crippen LogP contribution in [0.5, 0.6) is 0 Å². The molecule has 0 unspecified atom stereocenters. The minimum atomic E-state index is 0.595. The Hall–Kier alpha value is -1.28. The van der Waals surface area contributed by atoms with Gasteiger partial charge in [-0.1, -0.05) is 6.07 Å². The quantitative estimate of drug-likeness (QED) is 0.647. The molecule has 0 aliphatic heterocycles. The highest BCUT2D eigenvalue weighted by atomic mass is 14.9. The van der Waals surface area contributed by atoms with Crippen molar-refractivity contribution >= 4 is 5.52 Å². The molecule has 2 heterocycles. The SMILES string of the molecule is NCc1ccc2ccccn12. The van der Waals surface area contributed by atoms with Crippen LogP contribution in [-0.4, -0.2) is 4.40 Å². The fraction of sp³-hybridized carbons (Fsp3) is 0.111. The molecule has 0 radical (unpaired) electrons. The summed E-state index contributed by atoms with van der Waals surface area (Å²) in [6, 6.07) is 10.2. The normalized spacial score (nSPS) is 10.6. The van der Waals surface area contributed by atoms with Crippen LogP contribution < -0.4 is 5.73 Å². The zero-order chi connectivity index (χ0) is 7.68. The molecule has 0 amide bonds. The van der Waals surface area contributed by atoms with Gasteiger partial charge in [0.1, 0.15) is 0 Å². The standard InChI is InChI=1S/C9H10N2/c10-7-9-5-4-8-3-1-2-6-11(8)9/h1-6H,7,10H2. The molecule has 0 aromatic carbocycles. The molecule has 2 aromatic rings. The van der Waals surface area contributed by atoms with Crippen LogP contribution in [-0.2, 0) is 6.54 Å². The smallest absolute Gasteiger partial charge is 0.0453 e. The topological polar surface area (TPSA) is 30.4 Å². The van der Waals surface area contributed by atoms with Crippen LogP contribution in [0.15, 0.2) is 36.5 Å². The fourth-order valence-electron chi connectivity index (χ4n) is 1.28. The van der Waals surface area contributed by atoms with Gasteiger partial charge in [-0.25, -0.2) is 0 Å². The lowest BCUT2D eigenvalue weighted by Crippen LogP contribution is -1.99. The third kappa shape index (κ3) is 0.917. The van der Waals surface area contributed by atoms with Gasteiger partial charge in [0.25, 0.3) is 0 Å². The first kappa shape index (κ1) is 6.43. The molecule has 11 heavy (non-hydrogen) atoms. The van der Waals surface area contributed by atoms with Gasteiger partial charge in [0.2, 0.25) is 0 Å². The maximum absolute atomic E-state index is 5.54. The molecular formula is C9H10N2. The Kier molecular flexibility index (Phi) is 1.40. The van der Waals surface area contributed by atoms with E-state index in [2.05, 4.69) is 22.6 Å². The molecule has 0 fully saturated rings. The molecule has 56 valence electrons. The summed E-state index contributed by atoms with van der Waals surface area (Å²) in [7, 11) is 0. The molecule has 0 saturated carbocycles. The zero-order valence-electron chi connectivity index (χ0n) is 6.20. The van der Waals surface area contributed by atoms with E-state index >= 15 is 0 Å². The van der Waals surface area contributed by atoms with Crippen molar-refractivity contribution in [2.75, 3.05) is 0 Å². The second kappa shape index (κ2) is 2.40. The summed E-state index contributed by atoms with van der Waals surface area (Å²) in [6.45, 7) is 0.595. The lowest BCUT2D eigenvalue weighted by atomic mass is 10.4. The monoisotopic (exact) mass is 146 g/mol. The van der Waals surface area contributed by atoms with Gasteiger partial charge >= 0.3 is 0 Å².